The number of hydrogen-bond acceptors (Lipinski definition) is 2. The highest BCUT2D eigenvalue weighted by molar-refractivity contribution is 5.93. The van der Waals surface area contributed by atoms with Gasteiger partial charge in [-0.15, -0.1) is 0 Å². The molecule has 4 heteroatoms. The Morgan fingerprint density at radius 3 is 2.71 bits per heavy atom. The van der Waals surface area contributed by atoms with Gasteiger partial charge in [-0.1, -0.05) is 26.0 Å². The predicted molar refractivity (Wildman–Crippen MR) is 68.8 cm³/mol. The smallest absolute Gasteiger partial charge is 0.254 e. The van der Waals surface area contributed by atoms with E-state index in [1.54, 1.807) is 13.0 Å². The van der Waals surface area contributed by atoms with Crippen LogP contribution in [0.3, 0.4) is 0 Å². The van der Waals surface area contributed by atoms with Crippen LogP contribution in [0.4, 0.5) is 0 Å². The first-order valence-electron chi connectivity index (χ1n) is 5.62. The average Bonchev–Trinajstić information content (AvgIpc) is 2.21. The Hall–Kier alpha value is -1.84. The quantitative estimate of drug-likeness (QED) is 0.834. The summed E-state index contributed by atoms with van der Waals surface area (Å²) in [4.78, 5) is 25.9. The largest absolute Gasteiger partial charge is 0.365 e. The third-order valence-electron chi connectivity index (χ3n) is 2.48. The maximum absolute atomic E-state index is 11.9. The third-order valence-corrected chi connectivity index (χ3v) is 2.48. The zero-order valence-electron chi connectivity index (χ0n) is 10.4. The SMILES string of the molecule is Cc1[nH]cc(C(N)=O)c(=O)c1/C=C/CC(C)C. The number of nitrogens with one attached hydrogen (secondary N) is 1. The number of primary amides is 1. The van der Waals surface area contributed by atoms with Crippen LogP contribution in [0, 0.1) is 12.8 Å². The van der Waals surface area contributed by atoms with Crippen LogP contribution >= 0.6 is 0 Å². The van der Waals surface area contributed by atoms with Crippen LogP contribution in [0.25, 0.3) is 6.08 Å². The van der Waals surface area contributed by atoms with E-state index in [0.29, 0.717) is 11.5 Å². The summed E-state index contributed by atoms with van der Waals surface area (Å²) in [5.41, 5.74) is 6.05. The van der Waals surface area contributed by atoms with Crippen molar-refractivity contribution in [3.63, 3.8) is 0 Å². The molecule has 0 saturated heterocycles. The van der Waals surface area contributed by atoms with E-state index in [4.69, 9.17) is 5.73 Å². The van der Waals surface area contributed by atoms with Crippen molar-refractivity contribution in [3.8, 4) is 0 Å². The van der Waals surface area contributed by atoms with Gasteiger partial charge in [-0.05, 0) is 19.3 Å². The molecule has 4 nitrogen and oxygen atoms in total. The van der Waals surface area contributed by atoms with Gasteiger partial charge in [0.05, 0.1) is 0 Å². The second-order valence-electron chi connectivity index (χ2n) is 4.47. The number of rotatable bonds is 4. The Morgan fingerprint density at radius 2 is 2.18 bits per heavy atom. The molecule has 0 aliphatic heterocycles. The maximum atomic E-state index is 11.9. The third kappa shape index (κ3) is 3.31. The lowest BCUT2D eigenvalue weighted by atomic mass is 10.1. The van der Waals surface area contributed by atoms with E-state index in [0.717, 1.165) is 12.1 Å². The summed E-state index contributed by atoms with van der Waals surface area (Å²) in [6, 6.07) is 0. The highest BCUT2D eigenvalue weighted by Crippen LogP contribution is 2.07. The van der Waals surface area contributed by atoms with E-state index >= 15 is 0 Å². The number of amides is 1. The summed E-state index contributed by atoms with van der Waals surface area (Å²) < 4.78 is 0. The molecule has 17 heavy (non-hydrogen) atoms. The number of allylic oxidation sites excluding steroid dienone is 1. The summed E-state index contributed by atoms with van der Waals surface area (Å²) in [5.74, 6) is -0.172. The van der Waals surface area contributed by atoms with Crippen LogP contribution in [0.5, 0.6) is 0 Å². The minimum atomic E-state index is -0.704. The van der Waals surface area contributed by atoms with Gasteiger partial charge >= 0.3 is 0 Å². The number of hydrogen-bond donors (Lipinski definition) is 2. The van der Waals surface area contributed by atoms with Crippen molar-refractivity contribution in [1.82, 2.24) is 4.98 Å². The number of nitrogens with two attached hydrogens (primary N) is 1. The molecule has 1 rings (SSSR count). The molecule has 0 aliphatic carbocycles. The summed E-state index contributed by atoms with van der Waals surface area (Å²) in [7, 11) is 0. The van der Waals surface area contributed by atoms with Gasteiger partial charge in [0, 0.05) is 17.5 Å². The molecule has 1 heterocycles. The molecule has 0 aromatic carbocycles. The summed E-state index contributed by atoms with van der Waals surface area (Å²) in [5, 5.41) is 0. The first kappa shape index (κ1) is 13.2. The molecule has 0 aliphatic rings. The van der Waals surface area contributed by atoms with Crippen molar-refractivity contribution in [2.45, 2.75) is 27.2 Å². The molecule has 0 radical (unpaired) electrons. The molecule has 3 N–H and O–H groups in total. The topological polar surface area (TPSA) is 76.0 Å². The number of H-pyrrole nitrogens is 1. The van der Waals surface area contributed by atoms with E-state index in [1.807, 2.05) is 6.08 Å². The minimum Gasteiger partial charge on any atom is -0.365 e. The van der Waals surface area contributed by atoms with Gasteiger partial charge in [0.15, 0.2) is 0 Å². The molecule has 1 aromatic heterocycles. The lowest BCUT2D eigenvalue weighted by Gasteiger charge is -2.03. The fourth-order valence-electron chi connectivity index (χ4n) is 1.48. The highest BCUT2D eigenvalue weighted by Gasteiger charge is 2.10. The van der Waals surface area contributed by atoms with E-state index in [1.165, 1.54) is 6.20 Å². The number of pyridine rings is 1. The molecule has 1 amide bonds. The molecule has 92 valence electrons. The minimum absolute atomic E-state index is 0.000188. The summed E-state index contributed by atoms with van der Waals surface area (Å²) in [6.45, 7) is 5.99. The molecular weight excluding hydrogens is 216 g/mol. The van der Waals surface area contributed by atoms with E-state index in [-0.39, 0.29) is 11.0 Å². The molecule has 0 atom stereocenters. The average molecular weight is 234 g/mol. The van der Waals surface area contributed by atoms with Crippen LogP contribution in [0.1, 0.15) is 41.9 Å². The monoisotopic (exact) mass is 234 g/mol. The van der Waals surface area contributed by atoms with Crippen molar-refractivity contribution in [1.29, 1.82) is 0 Å². The van der Waals surface area contributed by atoms with Crippen molar-refractivity contribution in [2.24, 2.45) is 11.7 Å². The normalized spacial score (nSPS) is 11.3. The molecule has 0 spiro atoms. The maximum Gasteiger partial charge on any atom is 0.254 e. The van der Waals surface area contributed by atoms with Gasteiger partial charge in [0.2, 0.25) is 5.43 Å². The van der Waals surface area contributed by atoms with Crippen LogP contribution in [0.2, 0.25) is 0 Å². The molecule has 1 aromatic rings. The van der Waals surface area contributed by atoms with Crippen molar-refractivity contribution < 1.29 is 4.79 Å². The van der Waals surface area contributed by atoms with Gasteiger partial charge in [-0.3, -0.25) is 9.59 Å². The Bertz CT molecular complexity index is 499. The van der Waals surface area contributed by atoms with Crippen molar-refractivity contribution in [3.05, 3.63) is 39.3 Å². The van der Waals surface area contributed by atoms with E-state index in [2.05, 4.69) is 18.8 Å². The second-order valence-corrected chi connectivity index (χ2v) is 4.47. The standard InChI is InChI=1S/C13H18N2O2/c1-8(2)5-4-6-10-9(3)15-7-11(12(10)16)13(14)17/h4,6-8H,5H2,1-3H3,(H2,14,17)(H,15,16)/b6-4+. The van der Waals surface area contributed by atoms with Crippen molar-refractivity contribution in [2.75, 3.05) is 0 Å². The van der Waals surface area contributed by atoms with Crippen LogP contribution in [-0.2, 0) is 0 Å². The van der Waals surface area contributed by atoms with Crippen molar-refractivity contribution >= 4 is 12.0 Å². The molecule has 0 saturated carbocycles. The number of carbonyl (C=O) groups excluding carboxylic acids is 1. The van der Waals surface area contributed by atoms with Gasteiger partial charge in [0.25, 0.3) is 5.91 Å². The Balaban J connectivity index is 3.15. The number of aryl methyl sites for hydroxylation is 1. The fraction of sp³-hybridized carbons (Fsp3) is 0.385. The number of aromatic amines is 1. The molecule has 0 fully saturated rings. The molecule has 0 bridgehead atoms. The zero-order chi connectivity index (χ0) is 13.0. The molecule has 0 unspecified atom stereocenters. The Labute approximate surface area is 101 Å². The first-order valence-corrected chi connectivity index (χ1v) is 5.62. The van der Waals surface area contributed by atoms with Crippen LogP contribution in [0.15, 0.2) is 17.1 Å². The zero-order valence-corrected chi connectivity index (χ0v) is 10.4. The second kappa shape index (κ2) is 5.48. The molecular formula is C13H18N2O2. The Morgan fingerprint density at radius 1 is 1.53 bits per heavy atom. The lowest BCUT2D eigenvalue weighted by Crippen LogP contribution is -2.24. The van der Waals surface area contributed by atoms with E-state index in [9.17, 15) is 9.59 Å². The van der Waals surface area contributed by atoms with Gasteiger partial charge in [-0.25, -0.2) is 0 Å². The highest BCUT2D eigenvalue weighted by atomic mass is 16.2. The van der Waals surface area contributed by atoms with E-state index < -0.39 is 5.91 Å². The van der Waals surface area contributed by atoms with Gasteiger partial charge in [0.1, 0.15) is 5.56 Å². The first-order chi connectivity index (χ1) is 7.93. The van der Waals surface area contributed by atoms with Crippen LogP contribution < -0.4 is 11.2 Å². The summed E-state index contributed by atoms with van der Waals surface area (Å²) >= 11 is 0. The Kier molecular flexibility index (Phi) is 4.26. The van der Waals surface area contributed by atoms with Crippen LogP contribution in [-0.4, -0.2) is 10.9 Å². The number of aromatic nitrogens is 1. The number of carbonyl (C=O) groups is 1. The fourth-order valence-corrected chi connectivity index (χ4v) is 1.48. The summed E-state index contributed by atoms with van der Waals surface area (Å²) in [6.07, 6.45) is 5.94. The predicted octanol–water partition coefficient (Wildman–Crippen LogP) is 1.84. The van der Waals surface area contributed by atoms with Gasteiger partial charge in [-0.2, -0.15) is 0 Å². The lowest BCUT2D eigenvalue weighted by molar-refractivity contribution is 0.0999. The van der Waals surface area contributed by atoms with Gasteiger partial charge < -0.3 is 10.7 Å².